The van der Waals surface area contributed by atoms with Crippen molar-refractivity contribution >= 4 is 50.9 Å². The van der Waals surface area contributed by atoms with E-state index in [2.05, 4.69) is 21.2 Å². The summed E-state index contributed by atoms with van der Waals surface area (Å²) < 4.78 is 6.15. The molecule has 3 aromatic rings. The zero-order valence-electron chi connectivity index (χ0n) is 16.2. The number of carbonyl (C=O) groups is 2. The van der Waals surface area contributed by atoms with Crippen LogP contribution in [0, 0.1) is 0 Å². The first-order valence-corrected chi connectivity index (χ1v) is 11.1. The molecule has 1 aliphatic heterocycles. The number of rotatable bonds is 5. The third-order valence-corrected chi connectivity index (χ3v) is 6.42. The fourth-order valence-electron chi connectivity index (χ4n) is 3.31. The molecule has 0 radical (unpaired) electrons. The summed E-state index contributed by atoms with van der Waals surface area (Å²) in [6.45, 7) is 0. The number of anilines is 2. The molecule has 4 rings (SSSR count). The summed E-state index contributed by atoms with van der Waals surface area (Å²) in [6.07, 6.45) is 0. The molecule has 152 valence electrons. The van der Waals surface area contributed by atoms with Crippen molar-refractivity contribution in [1.82, 2.24) is 0 Å². The number of nitrogens with one attached hydrogen (secondary N) is 1. The van der Waals surface area contributed by atoms with Gasteiger partial charge in [-0.3, -0.25) is 14.5 Å². The summed E-state index contributed by atoms with van der Waals surface area (Å²) in [5, 5.41) is 2.77. The fraction of sp³-hybridized carbons (Fsp3) is 0.130. The van der Waals surface area contributed by atoms with Crippen molar-refractivity contribution in [2.45, 2.75) is 5.37 Å². The van der Waals surface area contributed by atoms with Crippen molar-refractivity contribution in [3.05, 3.63) is 88.4 Å². The smallest absolute Gasteiger partial charge is 0.255 e. The molecule has 1 N–H and O–H groups in total. The lowest BCUT2D eigenvalue weighted by molar-refractivity contribution is -0.115. The molecule has 0 aromatic heterocycles. The number of halogens is 1. The predicted octanol–water partition coefficient (Wildman–Crippen LogP) is 5.49. The number of hydrogen-bond donors (Lipinski definition) is 1. The number of methoxy groups -OCH3 is 1. The minimum absolute atomic E-state index is 0.0434. The first kappa shape index (κ1) is 20.5. The van der Waals surface area contributed by atoms with Gasteiger partial charge >= 0.3 is 0 Å². The van der Waals surface area contributed by atoms with E-state index in [1.807, 2.05) is 60.7 Å². The van der Waals surface area contributed by atoms with Crippen molar-refractivity contribution in [3.63, 3.8) is 0 Å². The average Bonchev–Trinajstić information content (AvgIpc) is 3.15. The first-order chi connectivity index (χ1) is 14.5. The van der Waals surface area contributed by atoms with Gasteiger partial charge in [-0.2, -0.15) is 0 Å². The van der Waals surface area contributed by atoms with Gasteiger partial charge in [-0.25, -0.2) is 0 Å². The van der Waals surface area contributed by atoms with Crippen molar-refractivity contribution in [2.75, 3.05) is 23.1 Å². The quantitative estimate of drug-likeness (QED) is 0.522. The van der Waals surface area contributed by atoms with E-state index in [0.717, 1.165) is 15.7 Å². The molecular formula is C23H19BrN2O3S. The summed E-state index contributed by atoms with van der Waals surface area (Å²) in [6, 6.07) is 22.3. The van der Waals surface area contributed by atoms with E-state index in [9.17, 15) is 9.59 Å². The minimum Gasteiger partial charge on any atom is -0.497 e. The maximum absolute atomic E-state index is 12.6. The zero-order valence-corrected chi connectivity index (χ0v) is 18.6. The van der Waals surface area contributed by atoms with Gasteiger partial charge in [0.1, 0.15) is 11.1 Å². The van der Waals surface area contributed by atoms with E-state index in [1.54, 1.807) is 35.9 Å². The molecule has 0 unspecified atom stereocenters. The average molecular weight is 483 g/mol. The van der Waals surface area contributed by atoms with Crippen LogP contribution >= 0.6 is 27.7 Å². The van der Waals surface area contributed by atoms with E-state index in [4.69, 9.17) is 4.74 Å². The molecule has 1 aliphatic rings. The highest BCUT2D eigenvalue weighted by atomic mass is 79.9. The van der Waals surface area contributed by atoms with Gasteiger partial charge in [-0.1, -0.05) is 40.2 Å². The summed E-state index contributed by atoms with van der Waals surface area (Å²) in [7, 11) is 1.61. The predicted molar refractivity (Wildman–Crippen MR) is 124 cm³/mol. The molecule has 1 fully saturated rings. The Morgan fingerprint density at radius 3 is 2.70 bits per heavy atom. The number of nitrogens with zero attached hydrogens (tertiary/aromatic N) is 1. The highest BCUT2D eigenvalue weighted by Gasteiger charge is 2.34. The molecule has 3 aromatic carbocycles. The summed E-state index contributed by atoms with van der Waals surface area (Å²) in [5.41, 5.74) is 2.99. The standard InChI is InChI=1S/C23H19BrN2O3S/c1-29-20-10-4-9-19(13-20)26-21(27)14-30-23(26)16-6-3-8-18(12-16)25-22(28)15-5-2-7-17(24)11-15/h2-13,23H,14H2,1H3,(H,25,28)/t23-/m0/s1. The Bertz CT molecular complexity index is 1110. The summed E-state index contributed by atoms with van der Waals surface area (Å²) in [5.74, 6) is 0.956. The van der Waals surface area contributed by atoms with E-state index in [-0.39, 0.29) is 17.2 Å². The minimum atomic E-state index is -0.187. The second-order valence-electron chi connectivity index (χ2n) is 6.72. The second kappa shape index (κ2) is 8.93. The van der Waals surface area contributed by atoms with Crippen molar-refractivity contribution < 1.29 is 14.3 Å². The second-order valence-corrected chi connectivity index (χ2v) is 8.70. The van der Waals surface area contributed by atoms with Crippen LogP contribution in [0.5, 0.6) is 5.75 Å². The molecule has 2 amide bonds. The summed E-state index contributed by atoms with van der Waals surface area (Å²) in [4.78, 5) is 27.0. The number of ether oxygens (including phenoxy) is 1. The topological polar surface area (TPSA) is 58.6 Å². The van der Waals surface area contributed by atoms with Crippen LogP contribution in [0.2, 0.25) is 0 Å². The van der Waals surface area contributed by atoms with E-state index < -0.39 is 0 Å². The van der Waals surface area contributed by atoms with Crippen LogP contribution in [0.4, 0.5) is 11.4 Å². The lowest BCUT2D eigenvalue weighted by Gasteiger charge is -2.25. The van der Waals surface area contributed by atoms with Gasteiger partial charge in [0.25, 0.3) is 5.91 Å². The maximum atomic E-state index is 12.6. The molecule has 0 bridgehead atoms. The normalized spacial score (nSPS) is 15.9. The van der Waals surface area contributed by atoms with Crippen LogP contribution in [0.1, 0.15) is 21.3 Å². The highest BCUT2D eigenvalue weighted by Crippen LogP contribution is 2.42. The van der Waals surface area contributed by atoms with Crippen LogP contribution in [0.15, 0.2) is 77.3 Å². The Hall–Kier alpha value is -2.77. The first-order valence-electron chi connectivity index (χ1n) is 9.30. The number of benzene rings is 3. The van der Waals surface area contributed by atoms with Gasteiger partial charge in [0.05, 0.1) is 12.9 Å². The van der Waals surface area contributed by atoms with Gasteiger partial charge in [0, 0.05) is 27.5 Å². The number of carbonyl (C=O) groups excluding carboxylic acids is 2. The number of amides is 2. The molecule has 0 saturated carbocycles. The molecule has 1 saturated heterocycles. The van der Waals surface area contributed by atoms with Gasteiger partial charge in [-0.15, -0.1) is 11.8 Å². The Kier molecular flexibility index (Phi) is 6.11. The largest absolute Gasteiger partial charge is 0.497 e. The van der Waals surface area contributed by atoms with Crippen LogP contribution in [0.3, 0.4) is 0 Å². The fourth-order valence-corrected chi connectivity index (χ4v) is 4.88. The molecule has 0 aliphatic carbocycles. The van der Waals surface area contributed by atoms with Gasteiger partial charge in [-0.05, 0) is 48.0 Å². The van der Waals surface area contributed by atoms with Crippen LogP contribution in [-0.4, -0.2) is 24.7 Å². The van der Waals surface area contributed by atoms with Crippen LogP contribution < -0.4 is 15.0 Å². The maximum Gasteiger partial charge on any atom is 0.255 e. The SMILES string of the molecule is COc1cccc(N2C(=O)CS[C@H]2c2cccc(NC(=O)c3cccc(Br)c3)c2)c1. The van der Waals surface area contributed by atoms with Crippen molar-refractivity contribution in [2.24, 2.45) is 0 Å². The van der Waals surface area contributed by atoms with E-state index in [1.165, 1.54) is 0 Å². The zero-order chi connectivity index (χ0) is 21.1. The Morgan fingerprint density at radius 1 is 1.10 bits per heavy atom. The van der Waals surface area contributed by atoms with E-state index >= 15 is 0 Å². The summed E-state index contributed by atoms with van der Waals surface area (Å²) >= 11 is 4.95. The van der Waals surface area contributed by atoms with Crippen molar-refractivity contribution in [1.29, 1.82) is 0 Å². The van der Waals surface area contributed by atoms with Crippen LogP contribution in [-0.2, 0) is 4.79 Å². The molecule has 7 heteroatoms. The third kappa shape index (κ3) is 4.37. The number of thioether (sulfide) groups is 1. The molecule has 30 heavy (non-hydrogen) atoms. The van der Waals surface area contributed by atoms with E-state index in [0.29, 0.717) is 22.8 Å². The molecule has 1 heterocycles. The Balaban J connectivity index is 1.59. The number of hydrogen-bond acceptors (Lipinski definition) is 4. The molecular weight excluding hydrogens is 464 g/mol. The van der Waals surface area contributed by atoms with Crippen LogP contribution in [0.25, 0.3) is 0 Å². The van der Waals surface area contributed by atoms with Gasteiger partial charge < -0.3 is 10.1 Å². The lowest BCUT2D eigenvalue weighted by Crippen LogP contribution is -2.27. The Labute approximate surface area is 187 Å². The highest BCUT2D eigenvalue weighted by molar-refractivity contribution is 9.10. The molecule has 5 nitrogen and oxygen atoms in total. The van der Waals surface area contributed by atoms with Gasteiger partial charge in [0.2, 0.25) is 5.91 Å². The third-order valence-electron chi connectivity index (χ3n) is 4.72. The molecule has 0 spiro atoms. The van der Waals surface area contributed by atoms with Gasteiger partial charge in [0.15, 0.2) is 0 Å². The van der Waals surface area contributed by atoms with Crippen molar-refractivity contribution in [3.8, 4) is 5.75 Å². The molecule has 1 atom stereocenters. The Morgan fingerprint density at radius 2 is 1.90 bits per heavy atom. The monoisotopic (exact) mass is 482 g/mol. The lowest BCUT2D eigenvalue weighted by atomic mass is 10.1.